The van der Waals surface area contributed by atoms with Crippen LogP contribution in [0.3, 0.4) is 0 Å². The zero-order valence-electron chi connectivity index (χ0n) is 9.37. The van der Waals surface area contributed by atoms with Crippen LogP contribution in [-0.2, 0) is 7.05 Å². The summed E-state index contributed by atoms with van der Waals surface area (Å²) in [6, 6.07) is 3.04. The summed E-state index contributed by atoms with van der Waals surface area (Å²) >= 11 is 0. The first-order valence-corrected chi connectivity index (χ1v) is 4.81. The third-order valence-corrected chi connectivity index (χ3v) is 2.66. The van der Waals surface area contributed by atoms with E-state index in [1.807, 2.05) is 33.0 Å². The Morgan fingerprint density at radius 3 is 2.60 bits per heavy atom. The fourth-order valence-electron chi connectivity index (χ4n) is 1.71. The number of halogens is 1. The van der Waals surface area contributed by atoms with Crippen molar-refractivity contribution < 1.29 is 4.39 Å². The van der Waals surface area contributed by atoms with Crippen LogP contribution in [0.2, 0.25) is 0 Å². The van der Waals surface area contributed by atoms with Gasteiger partial charge in [0.2, 0.25) is 0 Å². The van der Waals surface area contributed by atoms with Crippen molar-refractivity contribution in [2.24, 2.45) is 7.05 Å². The van der Waals surface area contributed by atoms with Gasteiger partial charge in [-0.15, -0.1) is 0 Å². The summed E-state index contributed by atoms with van der Waals surface area (Å²) in [6.45, 7) is 1.94. The Morgan fingerprint density at radius 1 is 1.33 bits per heavy atom. The van der Waals surface area contributed by atoms with Gasteiger partial charge in [-0.25, -0.2) is 4.39 Å². The standard InChI is InChI=1S/C11H14FN3/c1-7-9-5-8(12)6-10(14(2)3)11(9)13-15(7)4/h5-6H,1-4H3. The SMILES string of the molecule is Cc1c2cc(F)cc(N(C)C)c2nn1C. The first kappa shape index (κ1) is 9.96. The van der Waals surface area contributed by atoms with Crippen LogP contribution in [0.5, 0.6) is 0 Å². The second kappa shape index (κ2) is 3.22. The molecule has 0 aliphatic rings. The van der Waals surface area contributed by atoms with Gasteiger partial charge in [0.1, 0.15) is 11.3 Å². The van der Waals surface area contributed by atoms with E-state index in [0.29, 0.717) is 0 Å². The van der Waals surface area contributed by atoms with E-state index in [4.69, 9.17) is 0 Å². The maximum atomic E-state index is 13.4. The summed E-state index contributed by atoms with van der Waals surface area (Å²) in [5, 5.41) is 5.26. The number of anilines is 1. The van der Waals surface area contributed by atoms with Gasteiger partial charge in [-0.1, -0.05) is 0 Å². The summed E-state index contributed by atoms with van der Waals surface area (Å²) in [7, 11) is 5.64. The molecule has 4 heteroatoms. The van der Waals surface area contributed by atoms with Gasteiger partial charge < -0.3 is 4.90 Å². The highest BCUT2D eigenvalue weighted by Gasteiger charge is 2.12. The third kappa shape index (κ3) is 1.46. The van der Waals surface area contributed by atoms with Crippen molar-refractivity contribution in [3.8, 4) is 0 Å². The van der Waals surface area contributed by atoms with Gasteiger partial charge in [0, 0.05) is 32.2 Å². The molecule has 0 unspecified atom stereocenters. The molecule has 0 aliphatic carbocycles. The van der Waals surface area contributed by atoms with Gasteiger partial charge in [0.25, 0.3) is 0 Å². The Balaban J connectivity index is 2.86. The fraction of sp³-hybridized carbons (Fsp3) is 0.364. The lowest BCUT2D eigenvalue weighted by Crippen LogP contribution is -2.09. The number of fused-ring (bicyclic) bond motifs is 1. The molecule has 1 aromatic carbocycles. The fourth-order valence-corrected chi connectivity index (χ4v) is 1.71. The number of hydrogen-bond acceptors (Lipinski definition) is 2. The first-order valence-electron chi connectivity index (χ1n) is 4.81. The lowest BCUT2D eigenvalue weighted by Gasteiger charge is -2.12. The highest BCUT2D eigenvalue weighted by molar-refractivity contribution is 5.92. The zero-order valence-corrected chi connectivity index (χ0v) is 9.37. The van der Waals surface area contributed by atoms with Crippen molar-refractivity contribution in [1.29, 1.82) is 0 Å². The van der Waals surface area contributed by atoms with Crippen LogP contribution in [0.25, 0.3) is 10.9 Å². The predicted molar refractivity (Wildman–Crippen MR) is 59.7 cm³/mol. The highest BCUT2D eigenvalue weighted by Crippen LogP contribution is 2.27. The van der Waals surface area contributed by atoms with Crippen LogP contribution in [0.15, 0.2) is 12.1 Å². The molecule has 1 aromatic heterocycles. The molecule has 0 spiro atoms. The molecule has 0 aliphatic heterocycles. The van der Waals surface area contributed by atoms with Crippen LogP contribution in [0, 0.1) is 12.7 Å². The Bertz CT molecular complexity index is 514. The molecule has 0 atom stereocenters. The summed E-state index contributed by atoms with van der Waals surface area (Å²) < 4.78 is 15.2. The number of benzene rings is 1. The first-order chi connectivity index (χ1) is 7.00. The van der Waals surface area contributed by atoms with Gasteiger partial charge in [0.15, 0.2) is 0 Å². The maximum Gasteiger partial charge on any atom is 0.126 e. The molecule has 0 radical (unpaired) electrons. The maximum absolute atomic E-state index is 13.4. The molecular weight excluding hydrogens is 193 g/mol. The predicted octanol–water partition coefficient (Wildman–Crippen LogP) is 2.09. The number of aryl methyl sites for hydroxylation is 2. The van der Waals surface area contributed by atoms with Crippen LogP contribution in [-0.4, -0.2) is 23.9 Å². The van der Waals surface area contributed by atoms with E-state index in [2.05, 4.69) is 5.10 Å². The molecular formula is C11H14FN3. The molecule has 0 bridgehead atoms. The number of hydrogen-bond donors (Lipinski definition) is 0. The molecule has 0 saturated carbocycles. The van der Waals surface area contributed by atoms with Gasteiger partial charge in [-0.2, -0.15) is 5.10 Å². The van der Waals surface area contributed by atoms with E-state index < -0.39 is 0 Å². The molecule has 0 N–H and O–H groups in total. The van der Waals surface area contributed by atoms with Crippen molar-refractivity contribution >= 4 is 16.6 Å². The van der Waals surface area contributed by atoms with Gasteiger partial charge in [-0.3, -0.25) is 4.68 Å². The molecule has 15 heavy (non-hydrogen) atoms. The van der Waals surface area contributed by atoms with Crippen molar-refractivity contribution in [2.45, 2.75) is 6.92 Å². The number of aromatic nitrogens is 2. The van der Waals surface area contributed by atoms with E-state index in [1.54, 1.807) is 4.68 Å². The second-order valence-electron chi connectivity index (χ2n) is 3.92. The van der Waals surface area contributed by atoms with Crippen molar-refractivity contribution in [3.05, 3.63) is 23.6 Å². The van der Waals surface area contributed by atoms with Crippen molar-refractivity contribution in [3.63, 3.8) is 0 Å². The minimum absolute atomic E-state index is 0.220. The topological polar surface area (TPSA) is 21.1 Å². The average molecular weight is 207 g/mol. The minimum atomic E-state index is -0.220. The van der Waals surface area contributed by atoms with E-state index in [0.717, 1.165) is 22.3 Å². The van der Waals surface area contributed by atoms with Crippen LogP contribution >= 0.6 is 0 Å². The summed E-state index contributed by atoms with van der Waals surface area (Å²) in [6.07, 6.45) is 0. The average Bonchev–Trinajstić information content (AvgIpc) is 2.43. The van der Waals surface area contributed by atoms with Crippen LogP contribution in [0.4, 0.5) is 10.1 Å². The second-order valence-corrected chi connectivity index (χ2v) is 3.92. The van der Waals surface area contributed by atoms with E-state index >= 15 is 0 Å². The Labute approximate surface area is 88.1 Å². The smallest absolute Gasteiger partial charge is 0.126 e. The van der Waals surface area contributed by atoms with Crippen LogP contribution in [0.1, 0.15) is 5.69 Å². The quantitative estimate of drug-likeness (QED) is 0.714. The largest absolute Gasteiger partial charge is 0.376 e. The monoisotopic (exact) mass is 207 g/mol. The van der Waals surface area contributed by atoms with E-state index in [-0.39, 0.29) is 5.82 Å². The molecule has 2 rings (SSSR count). The molecule has 0 fully saturated rings. The summed E-state index contributed by atoms with van der Waals surface area (Å²) in [5.74, 6) is -0.220. The normalized spacial score (nSPS) is 11.0. The van der Waals surface area contributed by atoms with Crippen molar-refractivity contribution in [1.82, 2.24) is 9.78 Å². The van der Waals surface area contributed by atoms with Gasteiger partial charge >= 0.3 is 0 Å². The third-order valence-electron chi connectivity index (χ3n) is 2.66. The summed E-state index contributed by atoms with van der Waals surface area (Å²) in [5.41, 5.74) is 2.64. The molecule has 3 nitrogen and oxygen atoms in total. The Morgan fingerprint density at radius 2 is 2.00 bits per heavy atom. The summed E-state index contributed by atoms with van der Waals surface area (Å²) in [4.78, 5) is 1.87. The van der Waals surface area contributed by atoms with E-state index in [1.165, 1.54) is 12.1 Å². The molecule has 80 valence electrons. The van der Waals surface area contributed by atoms with Crippen molar-refractivity contribution in [2.75, 3.05) is 19.0 Å². The van der Waals surface area contributed by atoms with Gasteiger partial charge in [0.05, 0.1) is 5.69 Å². The molecule has 0 saturated heterocycles. The highest BCUT2D eigenvalue weighted by atomic mass is 19.1. The lowest BCUT2D eigenvalue weighted by molar-refractivity contribution is 0.629. The van der Waals surface area contributed by atoms with Gasteiger partial charge in [-0.05, 0) is 19.1 Å². The Kier molecular flexibility index (Phi) is 2.14. The molecule has 1 heterocycles. The lowest BCUT2D eigenvalue weighted by atomic mass is 10.2. The molecule has 2 aromatic rings. The van der Waals surface area contributed by atoms with E-state index in [9.17, 15) is 4.39 Å². The van der Waals surface area contributed by atoms with Crippen LogP contribution < -0.4 is 4.90 Å². The number of nitrogens with zero attached hydrogens (tertiary/aromatic N) is 3. The minimum Gasteiger partial charge on any atom is -0.376 e. The number of rotatable bonds is 1. The zero-order chi connectivity index (χ0) is 11.2. The molecule has 0 amide bonds. The Hall–Kier alpha value is -1.58.